The number of likely N-dealkylation sites (N-methyl/N-ethyl adjacent to an activating group) is 1. The van der Waals surface area contributed by atoms with Gasteiger partial charge < -0.3 is 26.2 Å². The number of ketones is 2. The fourth-order valence-electron chi connectivity index (χ4n) is 5.55. The van der Waals surface area contributed by atoms with E-state index < -0.39 is 58.0 Å². The number of aliphatic hydroxyl groups excluding tert-OH is 2. The lowest BCUT2D eigenvalue weighted by atomic mass is 9.58. The minimum absolute atomic E-state index is 0.0464. The van der Waals surface area contributed by atoms with Crippen LogP contribution >= 0.6 is 0 Å². The molecule has 0 saturated carbocycles. The Kier molecular flexibility index (Phi) is 4.94. The third-order valence-electron chi connectivity index (χ3n) is 7.06. The number of phenols is 1. The summed E-state index contributed by atoms with van der Waals surface area (Å²) < 4.78 is 0. The van der Waals surface area contributed by atoms with Gasteiger partial charge in [-0.3, -0.25) is 19.3 Å². The number of nitrogens with zero attached hydrogens (tertiary/aromatic N) is 1. The normalized spacial score (nSPS) is 29.7. The zero-order chi connectivity index (χ0) is 23.7. The van der Waals surface area contributed by atoms with Crippen molar-refractivity contribution in [3.05, 3.63) is 51.5 Å². The number of carbonyl (C=O) groups is 3. The highest BCUT2D eigenvalue weighted by atomic mass is 16.3. The first-order valence-electron chi connectivity index (χ1n) is 10.4. The van der Waals surface area contributed by atoms with E-state index in [1.165, 1.54) is 4.90 Å². The quantitative estimate of drug-likeness (QED) is 0.427. The molecule has 1 amide bonds. The number of Topliss-reactive ketones (excluding diaryl/α,β-unsaturated/α-hetero) is 2. The second-order valence-electron chi connectivity index (χ2n) is 8.92. The van der Waals surface area contributed by atoms with Gasteiger partial charge in [0.25, 0.3) is 5.91 Å². The Labute approximate surface area is 184 Å². The van der Waals surface area contributed by atoms with E-state index in [2.05, 4.69) is 0 Å². The maximum atomic E-state index is 13.4. The molecule has 170 valence electrons. The maximum Gasteiger partial charge on any atom is 0.255 e. The Hall–Kier alpha value is -3.17. The Morgan fingerprint density at radius 3 is 2.44 bits per heavy atom. The van der Waals surface area contributed by atoms with Crippen molar-refractivity contribution in [1.82, 2.24) is 4.90 Å². The number of hydrogen-bond acceptors (Lipinski definition) is 8. The first-order valence-corrected chi connectivity index (χ1v) is 10.4. The number of aromatic hydroxyl groups is 1. The second-order valence-corrected chi connectivity index (χ2v) is 8.92. The smallest absolute Gasteiger partial charge is 0.255 e. The minimum atomic E-state index is -2.61. The summed E-state index contributed by atoms with van der Waals surface area (Å²) in [5, 5.41) is 44.0. The van der Waals surface area contributed by atoms with Crippen LogP contribution in [0.1, 0.15) is 34.8 Å². The molecule has 0 aromatic heterocycles. The van der Waals surface area contributed by atoms with Crippen LogP contribution in [0.5, 0.6) is 5.75 Å². The fraction of sp³-hybridized carbons (Fsp3) is 0.435. The highest BCUT2D eigenvalue weighted by Gasteiger charge is 2.63. The Morgan fingerprint density at radius 1 is 1.22 bits per heavy atom. The zero-order valence-corrected chi connectivity index (χ0v) is 18.0. The molecule has 1 aromatic carbocycles. The molecule has 1 aromatic rings. The van der Waals surface area contributed by atoms with Gasteiger partial charge in [0.1, 0.15) is 22.8 Å². The molecule has 3 aliphatic rings. The topological polar surface area (TPSA) is 161 Å². The van der Waals surface area contributed by atoms with E-state index in [1.54, 1.807) is 26.2 Å². The van der Waals surface area contributed by atoms with Gasteiger partial charge in [-0.15, -0.1) is 0 Å². The molecule has 3 aliphatic carbocycles. The molecule has 0 spiro atoms. The van der Waals surface area contributed by atoms with E-state index in [0.29, 0.717) is 24.0 Å². The monoisotopic (exact) mass is 442 g/mol. The number of benzene rings is 1. The highest BCUT2D eigenvalue weighted by molar-refractivity contribution is 6.24. The predicted molar refractivity (Wildman–Crippen MR) is 113 cm³/mol. The molecular formula is C23H26N2O7. The van der Waals surface area contributed by atoms with Crippen LogP contribution in [0, 0.1) is 11.8 Å². The van der Waals surface area contributed by atoms with Crippen LogP contribution in [-0.4, -0.2) is 68.5 Å². The van der Waals surface area contributed by atoms with E-state index in [4.69, 9.17) is 5.73 Å². The zero-order valence-electron chi connectivity index (χ0n) is 18.0. The molecule has 0 heterocycles. The van der Waals surface area contributed by atoms with Crippen LogP contribution in [0.15, 0.2) is 34.8 Å². The molecule has 9 heteroatoms. The molecule has 9 nitrogen and oxygen atoms in total. The number of rotatable bonds is 3. The molecule has 0 bridgehead atoms. The van der Waals surface area contributed by atoms with Crippen LogP contribution in [0.25, 0.3) is 0 Å². The van der Waals surface area contributed by atoms with E-state index >= 15 is 0 Å². The molecule has 6 N–H and O–H groups in total. The summed E-state index contributed by atoms with van der Waals surface area (Å²) in [5.74, 6) is -6.31. The summed E-state index contributed by atoms with van der Waals surface area (Å²) >= 11 is 0. The number of aliphatic hydroxyl groups is 3. The van der Waals surface area contributed by atoms with Crippen molar-refractivity contribution in [3.8, 4) is 5.75 Å². The lowest BCUT2D eigenvalue weighted by molar-refractivity contribution is -0.148. The molecular weight excluding hydrogens is 416 g/mol. The number of phenolic OH excluding ortho intramolecular Hbond substituents is 1. The molecule has 0 unspecified atom stereocenters. The van der Waals surface area contributed by atoms with E-state index in [1.807, 2.05) is 6.92 Å². The first-order chi connectivity index (χ1) is 15.0. The third kappa shape index (κ3) is 2.67. The third-order valence-corrected chi connectivity index (χ3v) is 7.06. The standard InChI is InChI=1S/C23H26N2O7/c1-4-9-5-6-10-7-11-8-12-16(25(2)3)19(28)15(22(24)31)21(30)23(12,32)20(29)14(11)18(27)13(10)17(9)26/h5-6,11-12,16,26,28-29,32H,4,7-8H2,1-3H3,(H2,24,31)/t11-,12-,16-,23-/m0/s1. The molecule has 0 saturated heterocycles. The molecule has 4 atom stereocenters. The largest absolute Gasteiger partial charge is 0.510 e. The number of amides is 1. The van der Waals surface area contributed by atoms with Gasteiger partial charge in [0, 0.05) is 11.5 Å². The van der Waals surface area contributed by atoms with Gasteiger partial charge in [-0.1, -0.05) is 19.1 Å². The number of hydrogen-bond donors (Lipinski definition) is 5. The van der Waals surface area contributed by atoms with Gasteiger partial charge in [-0.2, -0.15) is 0 Å². The van der Waals surface area contributed by atoms with Crippen molar-refractivity contribution in [3.63, 3.8) is 0 Å². The number of aryl methyl sites for hydroxylation is 1. The van der Waals surface area contributed by atoms with Gasteiger partial charge in [0.05, 0.1) is 11.6 Å². The predicted octanol–water partition coefficient (Wildman–Crippen LogP) is 0.683. The minimum Gasteiger partial charge on any atom is -0.510 e. The molecule has 0 fully saturated rings. The SMILES string of the molecule is CCc1ccc2c(c1O)C(=O)C1=C(O)[C@]3(O)C(=O)C(C(N)=O)=C(O)[C@@H](N(C)C)[C@@H]3C[C@@H]1C2. The second kappa shape index (κ2) is 7.18. The van der Waals surface area contributed by atoms with Crippen molar-refractivity contribution in [2.24, 2.45) is 17.6 Å². The van der Waals surface area contributed by atoms with E-state index in [0.717, 1.165) is 0 Å². The van der Waals surface area contributed by atoms with Crippen LogP contribution in [0.4, 0.5) is 0 Å². The Balaban J connectivity index is 1.96. The summed E-state index contributed by atoms with van der Waals surface area (Å²) in [7, 11) is 3.19. The lowest BCUT2D eigenvalue weighted by Crippen LogP contribution is -2.63. The fourth-order valence-corrected chi connectivity index (χ4v) is 5.55. The molecule has 0 radical (unpaired) electrons. The van der Waals surface area contributed by atoms with Gasteiger partial charge in [0.15, 0.2) is 11.4 Å². The summed E-state index contributed by atoms with van der Waals surface area (Å²) in [4.78, 5) is 40.0. The Bertz CT molecular complexity index is 1130. The summed E-state index contributed by atoms with van der Waals surface area (Å²) in [6.07, 6.45) is 0.871. The average molecular weight is 442 g/mol. The van der Waals surface area contributed by atoms with Crippen molar-refractivity contribution < 1.29 is 34.8 Å². The summed E-state index contributed by atoms with van der Waals surface area (Å²) in [5.41, 5.74) is 2.96. The van der Waals surface area contributed by atoms with Crippen molar-refractivity contribution >= 4 is 17.5 Å². The number of fused-ring (bicyclic) bond motifs is 3. The van der Waals surface area contributed by atoms with Gasteiger partial charge in [0.2, 0.25) is 5.78 Å². The van der Waals surface area contributed by atoms with Gasteiger partial charge in [-0.05, 0) is 50.4 Å². The molecule has 4 rings (SSSR count). The van der Waals surface area contributed by atoms with Crippen LogP contribution in [-0.2, 0) is 22.4 Å². The number of nitrogens with two attached hydrogens (primary N) is 1. The highest BCUT2D eigenvalue weighted by Crippen LogP contribution is 2.52. The summed E-state index contributed by atoms with van der Waals surface area (Å²) in [6.45, 7) is 1.83. The van der Waals surface area contributed by atoms with Gasteiger partial charge >= 0.3 is 0 Å². The van der Waals surface area contributed by atoms with Crippen molar-refractivity contribution in [2.75, 3.05) is 14.1 Å². The van der Waals surface area contributed by atoms with Crippen molar-refractivity contribution in [2.45, 2.75) is 37.8 Å². The number of allylic oxidation sites excluding steroid dienone is 1. The van der Waals surface area contributed by atoms with E-state index in [-0.39, 0.29) is 23.3 Å². The van der Waals surface area contributed by atoms with Crippen LogP contribution < -0.4 is 5.73 Å². The number of primary amides is 1. The van der Waals surface area contributed by atoms with Gasteiger partial charge in [-0.25, -0.2) is 0 Å². The van der Waals surface area contributed by atoms with Crippen molar-refractivity contribution in [1.29, 1.82) is 0 Å². The van der Waals surface area contributed by atoms with Crippen LogP contribution in [0.3, 0.4) is 0 Å². The average Bonchev–Trinajstić information content (AvgIpc) is 2.70. The van der Waals surface area contributed by atoms with Crippen LogP contribution in [0.2, 0.25) is 0 Å². The summed E-state index contributed by atoms with van der Waals surface area (Å²) in [6, 6.07) is 2.52. The maximum absolute atomic E-state index is 13.4. The lowest BCUT2D eigenvalue weighted by Gasteiger charge is -2.50. The molecule has 0 aliphatic heterocycles. The first kappa shape index (κ1) is 22.0. The molecule has 32 heavy (non-hydrogen) atoms. The Morgan fingerprint density at radius 2 is 1.88 bits per heavy atom. The number of carbonyl (C=O) groups excluding carboxylic acids is 3. The van der Waals surface area contributed by atoms with E-state index in [9.17, 15) is 34.8 Å².